The van der Waals surface area contributed by atoms with Gasteiger partial charge in [0.2, 0.25) is 17.5 Å². The molecule has 1 fully saturated rings. The van der Waals surface area contributed by atoms with E-state index in [2.05, 4.69) is 4.18 Å². The predicted octanol–water partition coefficient (Wildman–Crippen LogP) is -8.64. The number of carbonyl (C=O) groups excluding carboxylic acids is 1. The van der Waals surface area contributed by atoms with Crippen molar-refractivity contribution in [2.24, 2.45) is 0 Å². The summed E-state index contributed by atoms with van der Waals surface area (Å²) in [5.74, 6) is -6.58. The molecule has 2 aromatic carbocycles. The van der Waals surface area contributed by atoms with Gasteiger partial charge in [0.05, 0.1) is 5.97 Å². The Kier molecular flexibility index (Phi) is 10.9. The van der Waals surface area contributed by atoms with Crippen LogP contribution in [0.4, 0.5) is 0 Å². The molecule has 0 amide bonds. The largest absolute Gasteiger partial charge is 1.00 e. The predicted molar refractivity (Wildman–Crippen MR) is 116 cm³/mol. The van der Waals surface area contributed by atoms with E-state index in [1.165, 1.54) is 0 Å². The maximum Gasteiger partial charge on any atom is 1.00 e. The number of aliphatic carboxylic acids is 1. The second kappa shape index (κ2) is 12.8. The SMILES string of the molecule is O=C([O-])[C@H]1O[C@@H](Oc2cc(O)c3c(=O)c(OS(=O)(=O)[O-])c(-c4ccc(O)c(O)c4)oc3c2)[C@H](O)[C@@H](O)[C@@H]1O.[Na+].[Na+]. The molecule has 1 aliphatic rings. The third-order valence-electron chi connectivity index (χ3n) is 5.38. The van der Waals surface area contributed by atoms with Crippen LogP contribution in [0.15, 0.2) is 39.5 Å². The summed E-state index contributed by atoms with van der Waals surface area (Å²) in [4.78, 5) is 24.2. The van der Waals surface area contributed by atoms with Crippen molar-refractivity contribution in [2.75, 3.05) is 0 Å². The van der Waals surface area contributed by atoms with Crippen LogP contribution in [0.25, 0.3) is 22.3 Å². The summed E-state index contributed by atoms with van der Waals surface area (Å²) in [7, 11) is -5.56. The van der Waals surface area contributed by atoms with Crippen LogP contribution in [0.5, 0.6) is 28.7 Å². The number of aliphatic hydroxyl groups excluding tert-OH is 3. The Balaban J connectivity index is 0.00000280. The number of aliphatic hydroxyl groups is 3. The van der Waals surface area contributed by atoms with E-state index in [1.54, 1.807) is 0 Å². The van der Waals surface area contributed by atoms with Crippen LogP contribution in [-0.4, -0.2) is 80.3 Å². The van der Waals surface area contributed by atoms with Gasteiger partial charge < -0.3 is 63.2 Å². The molecular formula is C21H16Na2O16S. The first-order chi connectivity index (χ1) is 17.7. The van der Waals surface area contributed by atoms with Gasteiger partial charge in [0, 0.05) is 17.7 Å². The Labute approximate surface area is 267 Å². The zero-order valence-electron chi connectivity index (χ0n) is 20.4. The first-order valence-electron chi connectivity index (χ1n) is 10.3. The van der Waals surface area contributed by atoms with Crippen LogP contribution >= 0.6 is 0 Å². The summed E-state index contributed by atoms with van der Waals surface area (Å²) in [5.41, 5.74) is -2.16. The first kappa shape index (κ1) is 34.1. The minimum Gasteiger partial charge on any atom is -0.716 e. The first-order valence-corrected chi connectivity index (χ1v) is 11.6. The monoisotopic (exact) mass is 602 g/mol. The third-order valence-corrected chi connectivity index (χ3v) is 5.75. The van der Waals surface area contributed by atoms with Crippen LogP contribution in [-0.2, 0) is 19.9 Å². The molecule has 40 heavy (non-hydrogen) atoms. The quantitative estimate of drug-likeness (QED) is 0.0661. The zero-order valence-corrected chi connectivity index (χ0v) is 25.3. The Hall–Kier alpha value is -2.13. The molecule has 1 aromatic heterocycles. The summed E-state index contributed by atoms with van der Waals surface area (Å²) in [6.07, 6.45) is -10.2. The van der Waals surface area contributed by atoms with Gasteiger partial charge in [-0.2, -0.15) is 0 Å². The second-order valence-electron chi connectivity index (χ2n) is 7.93. The van der Waals surface area contributed by atoms with Gasteiger partial charge >= 0.3 is 59.1 Å². The van der Waals surface area contributed by atoms with Crippen molar-refractivity contribution in [3.8, 4) is 40.1 Å². The van der Waals surface area contributed by atoms with Gasteiger partial charge in [-0.25, -0.2) is 8.42 Å². The molecule has 6 N–H and O–H groups in total. The van der Waals surface area contributed by atoms with Crippen molar-refractivity contribution < 1.29 is 131 Å². The molecule has 0 bridgehead atoms. The zero-order chi connectivity index (χ0) is 28.1. The molecule has 5 atom stereocenters. The van der Waals surface area contributed by atoms with E-state index in [1.807, 2.05) is 0 Å². The van der Waals surface area contributed by atoms with E-state index in [9.17, 15) is 58.3 Å². The summed E-state index contributed by atoms with van der Waals surface area (Å²) in [6, 6.07) is 4.47. The summed E-state index contributed by atoms with van der Waals surface area (Å²) in [5, 5.41) is 70.0. The van der Waals surface area contributed by atoms with E-state index in [4.69, 9.17) is 13.9 Å². The maximum absolute atomic E-state index is 13.0. The smallest absolute Gasteiger partial charge is 0.716 e. The number of rotatable bonds is 6. The van der Waals surface area contributed by atoms with Gasteiger partial charge in [-0.1, -0.05) is 0 Å². The maximum atomic E-state index is 13.0. The van der Waals surface area contributed by atoms with E-state index >= 15 is 0 Å². The van der Waals surface area contributed by atoms with Crippen LogP contribution in [0.3, 0.4) is 0 Å². The van der Waals surface area contributed by atoms with Crippen LogP contribution in [0, 0.1) is 0 Å². The fourth-order valence-corrected chi connectivity index (χ4v) is 3.99. The minimum atomic E-state index is -5.56. The molecule has 0 spiro atoms. The van der Waals surface area contributed by atoms with Crippen molar-refractivity contribution in [3.05, 3.63) is 40.6 Å². The molecule has 0 aliphatic carbocycles. The fourth-order valence-electron chi connectivity index (χ4n) is 3.63. The van der Waals surface area contributed by atoms with Gasteiger partial charge in [-0.3, -0.25) is 4.79 Å². The standard InChI is InChI=1S/C21H18O16S.2Na/c22-8-2-1-6(3-9(8)23)17-18(37-38(31,32)33)13(25)12-10(24)4-7(5-11(12)35-17)34-21-16(28)14(26)15(27)19(36-21)20(29)30;;/h1-5,14-16,19,21-24,26-28H,(H,29,30)(H,31,32,33);;/q;2*+1/p-2/t14-,15-,16+,19-,21+;;/m0../s1. The number of ether oxygens (including phenoxy) is 2. The Morgan fingerprint density at radius 3 is 2.15 bits per heavy atom. The van der Waals surface area contributed by atoms with Crippen LogP contribution in [0.2, 0.25) is 0 Å². The molecule has 0 unspecified atom stereocenters. The minimum absolute atomic E-state index is 0. The third kappa shape index (κ3) is 6.84. The molecule has 4 rings (SSSR count). The average Bonchev–Trinajstić information content (AvgIpc) is 2.81. The number of aromatic hydroxyl groups is 3. The number of fused-ring (bicyclic) bond motifs is 1. The van der Waals surface area contributed by atoms with Crippen LogP contribution < -0.4 is 78.6 Å². The number of phenols is 3. The number of hydrogen-bond donors (Lipinski definition) is 6. The Morgan fingerprint density at radius 2 is 1.57 bits per heavy atom. The fraction of sp³-hybridized carbons (Fsp3) is 0.238. The number of phenolic OH excluding ortho intramolecular Hbond substituents is 3. The molecular weight excluding hydrogens is 586 g/mol. The Morgan fingerprint density at radius 1 is 0.925 bits per heavy atom. The van der Waals surface area contributed by atoms with Gasteiger partial charge in [0.25, 0.3) is 10.4 Å². The van der Waals surface area contributed by atoms with Crippen molar-refractivity contribution in [2.45, 2.75) is 30.7 Å². The van der Waals surface area contributed by atoms with Crippen molar-refractivity contribution in [1.29, 1.82) is 0 Å². The Bertz CT molecular complexity index is 1590. The second-order valence-corrected chi connectivity index (χ2v) is 8.92. The molecule has 19 heteroatoms. The normalized spacial score (nSPS) is 22.6. The molecule has 0 saturated carbocycles. The van der Waals surface area contributed by atoms with E-state index in [-0.39, 0.29) is 64.7 Å². The van der Waals surface area contributed by atoms with E-state index < -0.39 is 98.0 Å². The van der Waals surface area contributed by atoms with Gasteiger partial charge in [0.1, 0.15) is 46.9 Å². The van der Waals surface area contributed by atoms with Crippen molar-refractivity contribution in [3.63, 3.8) is 0 Å². The molecule has 204 valence electrons. The summed E-state index contributed by atoms with van der Waals surface area (Å²) < 4.78 is 53.7. The number of hydrogen-bond acceptors (Lipinski definition) is 16. The average molecular weight is 602 g/mol. The van der Waals surface area contributed by atoms with Gasteiger partial charge in [0.15, 0.2) is 17.3 Å². The molecule has 1 saturated heterocycles. The molecule has 16 nitrogen and oxygen atoms in total. The van der Waals surface area contributed by atoms with E-state index in [0.29, 0.717) is 0 Å². The van der Waals surface area contributed by atoms with Gasteiger partial charge in [-0.05, 0) is 18.2 Å². The topological polar surface area (TPSA) is 277 Å². The number of carboxylic acid groups (broad SMARTS) is 1. The van der Waals surface area contributed by atoms with Crippen molar-refractivity contribution in [1.82, 2.24) is 0 Å². The number of carboxylic acids is 1. The molecule has 0 radical (unpaired) electrons. The number of benzene rings is 2. The van der Waals surface area contributed by atoms with Gasteiger partial charge in [-0.15, -0.1) is 0 Å². The molecule has 2 heterocycles. The molecule has 3 aromatic rings. The van der Waals surface area contributed by atoms with E-state index in [0.717, 1.165) is 30.3 Å². The molecule has 1 aliphatic heterocycles. The summed E-state index contributed by atoms with van der Waals surface area (Å²) >= 11 is 0. The summed E-state index contributed by atoms with van der Waals surface area (Å²) in [6.45, 7) is 0. The van der Waals surface area contributed by atoms with Crippen LogP contribution in [0.1, 0.15) is 0 Å². The van der Waals surface area contributed by atoms with Crippen molar-refractivity contribution >= 4 is 27.3 Å². The number of carbonyl (C=O) groups is 1.